The third kappa shape index (κ3) is 4.96. The summed E-state index contributed by atoms with van der Waals surface area (Å²) >= 11 is 5.95. The van der Waals surface area contributed by atoms with E-state index in [0.29, 0.717) is 18.9 Å². The van der Waals surface area contributed by atoms with Gasteiger partial charge < -0.3 is 14.0 Å². The van der Waals surface area contributed by atoms with Crippen molar-refractivity contribution in [3.05, 3.63) is 40.2 Å². The Labute approximate surface area is 174 Å². The summed E-state index contributed by atoms with van der Waals surface area (Å²) in [4.78, 5) is 11.8. The molecule has 166 valence electrons. The smallest absolute Gasteiger partial charge is 0.479 e. The lowest BCUT2D eigenvalue weighted by Gasteiger charge is -2.22. The summed E-state index contributed by atoms with van der Waals surface area (Å²) in [6.45, 7) is 3.05. The molecule has 2 rings (SSSR count). The van der Waals surface area contributed by atoms with E-state index < -0.39 is 50.2 Å². The molecule has 2 aromatic rings. The van der Waals surface area contributed by atoms with E-state index >= 15 is 0 Å². The van der Waals surface area contributed by atoms with Gasteiger partial charge in [-0.15, -0.1) is 0 Å². The fourth-order valence-corrected chi connectivity index (χ4v) is 3.49. The highest BCUT2D eigenvalue weighted by Crippen LogP contribution is 2.43. The van der Waals surface area contributed by atoms with Crippen LogP contribution in [-0.2, 0) is 19.6 Å². The molecule has 0 radical (unpaired) electrons. The van der Waals surface area contributed by atoms with Crippen molar-refractivity contribution in [1.82, 2.24) is 0 Å². The van der Waals surface area contributed by atoms with E-state index in [2.05, 4.69) is 4.18 Å². The van der Waals surface area contributed by atoms with Crippen molar-refractivity contribution in [2.75, 3.05) is 6.61 Å². The maximum atomic E-state index is 13.9. The first-order valence-corrected chi connectivity index (χ1v) is 10.4. The largest absolute Gasteiger partial charge is 0.534 e. The zero-order valence-corrected chi connectivity index (χ0v) is 17.3. The van der Waals surface area contributed by atoms with Gasteiger partial charge in [0.25, 0.3) is 0 Å². The van der Waals surface area contributed by atoms with E-state index in [0.717, 1.165) is 6.07 Å². The number of halogens is 5. The third-order valence-corrected chi connectivity index (χ3v) is 5.38. The van der Waals surface area contributed by atoms with Crippen molar-refractivity contribution in [3.63, 3.8) is 0 Å². The molecule has 0 saturated carbocycles. The lowest BCUT2D eigenvalue weighted by Crippen LogP contribution is -2.29. The van der Waals surface area contributed by atoms with E-state index in [1.165, 1.54) is 13.0 Å². The van der Waals surface area contributed by atoms with Gasteiger partial charge in [-0.25, -0.2) is 9.18 Å². The Morgan fingerprint density at radius 2 is 1.87 bits per heavy atom. The van der Waals surface area contributed by atoms with Crippen LogP contribution >= 0.6 is 11.6 Å². The van der Waals surface area contributed by atoms with Gasteiger partial charge in [-0.2, -0.15) is 21.6 Å². The third-order valence-electron chi connectivity index (χ3n) is 4.11. The minimum absolute atomic E-state index is 0.0237. The van der Waals surface area contributed by atoms with Gasteiger partial charge in [-0.1, -0.05) is 24.9 Å². The SMILES string of the molecule is CCCCOC(C(=O)O)c1c(C)cc2c(Cl)cc(F)cc2c1OS(=O)(=O)C(F)(F)F. The van der Waals surface area contributed by atoms with Gasteiger partial charge in [0.2, 0.25) is 0 Å². The molecule has 1 unspecified atom stereocenters. The number of fused-ring (bicyclic) bond motifs is 1. The molecule has 0 aliphatic rings. The lowest BCUT2D eigenvalue weighted by atomic mass is 9.96. The van der Waals surface area contributed by atoms with E-state index in [1.807, 2.05) is 0 Å². The second-order valence-corrected chi connectivity index (χ2v) is 8.29. The van der Waals surface area contributed by atoms with E-state index in [1.54, 1.807) is 6.92 Å². The number of hydrogen-bond donors (Lipinski definition) is 1. The summed E-state index contributed by atoms with van der Waals surface area (Å²) in [5, 5.41) is 8.86. The number of carboxylic acids is 1. The van der Waals surface area contributed by atoms with Crippen LogP contribution < -0.4 is 4.18 Å². The monoisotopic (exact) mass is 472 g/mol. The first-order valence-electron chi connectivity index (χ1n) is 8.57. The van der Waals surface area contributed by atoms with Crippen molar-refractivity contribution in [2.24, 2.45) is 0 Å². The number of carboxylic acid groups (broad SMARTS) is 1. The molecule has 0 saturated heterocycles. The number of benzene rings is 2. The molecule has 0 bridgehead atoms. The van der Waals surface area contributed by atoms with Crippen LogP contribution in [0, 0.1) is 12.7 Å². The van der Waals surface area contributed by atoms with Crippen LogP contribution in [0.3, 0.4) is 0 Å². The zero-order chi connectivity index (χ0) is 22.9. The zero-order valence-electron chi connectivity index (χ0n) is 15.7. The Bertz CT molecular complexity index is 1070. The average Bonchev–Trinajstić information content (AvgIpc) is 2.59. The fraction of sp³-hybridized carbons (Fsp3) is 0.389. The van der Waals surface area contributed by atoms with Gasteiger partial charge in [0.1, 0.15) is 5.82 Å². The van der Waals surface area contributed by atoms with Gasteiger partial charge in [0, 0.05) is 22.9 Å². The van der Waals surface area contributed by atoms with Crippen LogP contribution in [0.2, 0.25) is 5.02 Å². The highest BCUT2D eigenvalue weighted by molar-refractivity contribution is 7.88. The summed E-state index contributed by atoms with van der Waals surface area (Å²) in [6, 6.07) is 2.87. The van der Waals surface area contributed by atoms with Crippen LogP contribution in [0.1, 0.15) is 37.0 Å². The molecule has 0 fully saturated rings. The summed E-state index contributed by atoms with van der Waals surface area (Å²) in [6.07, 6.45) is -0.787. The number of carbonyl (C=O) groups is 1. The number of rotatable bonds is 8. The molecule has 0 aromatic heterocycles. The number of ether oxygens (including phenoxy) is 1. The Hall–Kier alpha value is -2.11. The topological polar surface area (TPSA) is 89.9 Å². The fourth-order valence-electron chi connectivity index (χ4n) is 2.73. The molecule has 12 heteroatoms. The number of unbranched alkanes of at least 4 members (excludes halogenated alkanes) is 1. The highest BCUT2D eigenvalue weighted by atomic mass is 35.5. The maximum Gasteiger partial charge on any atom is 0.534 e. The molecule has 0 heterocycles. The Morgan fingerprint density at radius 3 is 2.40 bits per heavy atom. The number of aryl methyl sites for hydroxylation is 1. The van der Waals surface area contributed by atoms with Crippen molar-refractivity contribution in [2.45, 2.75) is 38.3 Å². The molecule has 1 N–H and O–H groups in total. The standard InChI is InChI=1S/C18H17ClF4O6S/c1-3-4-5-28-16(17(24)25)14-9(2)6-11-12(7-10(20)8-13(11)19)15(14)29-30(26,27)18(21,22)23/h6-8,16H,3-5H2,1-2H3,(H,24,25). The molecule has 0 aliphatic carbocycles. The average molecular weight is 473 g/mol. The maximum absolute atomic E-state index is 13.9. The first kappa shape index (κ1) is 24.2. The molecule has 1 atom stereocenters. The van der Waals surface area contributed by atoms with Crippen LogP contribution in [0.4, 0.5) is 17.6 Å². The minimum Gasteiger partial charge on any atom is -0.479 e. The lowest BCUT2D eigenvalue weighted by molar-refractivity contribution is -0.151. The first-order chi connectivity index (χ1) is 13.8. The summed E-state index contributed by atoms with van der Waals surface area (Å²) in [5.41, 5.74) is -6.26. The Balaban J connectivity index is 2.86. The summed E-state index contributed by atoms with van der Waals surface area (Å²) in [5.74, 6) is -3.59. The van der Waals surface area contributed by atoms with E-state index in [-0.39, 0.29) is 22.6 Å². The van der Waals surface area contributed by atoms with Crippen molar-refractivity contribution >= 4 is 38.5 Å². The van der Waals surface area contributed by atoms with Gasteiger partial charge in [0.15, 0.2) is 11.9 Å². The van der Waals surface area contributed by atoms with Crippen LogP contribution in [-0.4, -0.2) is 31.6 Å². The Morgan fingerprint density at radius 1 is 1.23 bits per heavy atom. The van der Waals surface area contributed by atoms with E-state index in [9.17, 15) is 35.9 Å². The number of aliphatic carboxylic acids is 1. The van der Waals surface area contributed by atoms with E-state index in [4.69, 9.17) is 16.3 Å². The normalized spacial score (nSPS) is 13.4. The van der Waals surface area contributed by atoms with Crippen molar-refractivity contribution in [3.8, 4) is 5.75 Å². The number of hydrogen-bond acceptors (Lipinski definition) is 5. The molecule has 30 heavy (non-hydrogen) atoms. The molecule has 2 aromatic carbocycles. The predicted molar refractivity (Wildman–Crippen MR) is 100 cm³/mol. The number of alkyl halides is 3. The predicted octanol–water partition coefficient (Wildman–Crippen LogP) is 5.11. The molecule has 6 nitrogen and oxygen atoms in total. The molecule has 0 spiro atoms. The van der Waals surface area contributed by atoms with Crippen LogP contribution in [0.25, 0.3) is 10.8 Å². The van der Waals surface area contributed by atoms with Crippen molar-refractivity contribution < 1.29 is 44.8 Å². The van der Waals surface area contributed by atoms with Crippen molar-refractivity contribution in [1.29, 1.82) is 0 Å². The summed E-state index contributed by atoms with van der Waals surface area (Å²) < 4.78 is 85.8. The summed E-state index contributed by atoms with van der Waals surface area (Å²) in [7, 11) is -6.21. The van der Waals surface area contributed by atoms with Gasteiger partial charge >= 0.3 is 21.6 Å². The second kappa shape index (κ2) is 8.94. The Kier molecular flexibility index (Phi) is 7.20. The molecular formula is C18H17ClF4O6S. The van der Waals surface area contributed by atoms with Gasteiger partial charge in [0.05, 0.1) is 5.02 Å². The van der Waals surface area contributed by atoms with Crippen LogP contribution in [0.5, 0.6) is 5.75 Å². The highest BCUT2D eigenvalue weighted by Gasteiger charge is 2.49. The van der Waals surface area contributed by atoms with Gasteiger partial charge in [-0.05, 0) is 37.1 Å². The minimum atomic E-state index is -6.21. The van der Waals surface area contributed by atoms with Gasteiger partial charge in [-0.3, -0.25) is 0 Å². The molecular weight excluding hydrogens is 456 g/mol. The molecule has 0 amide bonds. The quantitative estimate of drug-likeness (QED) is 0.248. The van der Waals surface area contributed by atoms with Crippen LogP contribution in [0.15, 0.2) is 18.2 Å². The molecule has 0 aliphatic heterocycles. The second-order valence-electron chi connectivity index (χ2n) is 6.34.